The van der Waals surface area contributed by atoms with Crippen LogP contribution in [-0.2, 0) is 4.74 Å². The number of hydrogen-bond acceptors (Lipinski definition) is 3. The van der Waals surface area contributed by atoms with Gasteiger partial charge < -0.3 is 19.9 Å². The second-order valence-electron chi connectivity index (χ2n) is 6.14. The summed E-state index contributed by atoms with van der Waals surface area (Å²) in [5.41, 5.74) is 0. The Bertz CT molecular complexity index is 323. The topological polar surface area (TPSA) is 40.1 Å². The first-order valence-electron chi connectivity index (χ1n) is 7.90. The van der Waals surface area contributed by atoms with Gasteiger partial charge in [-0.1, -0.05) is 0 Å². The first-order valence-corrected chi connectivity index (χ1v) is 7.90. The van der Waals surface area contributed by atoms with Gasteiger partial charge in [-0.3, -0.25) is 4.99 Å². The number of nitrogens with zero attached hydrogens (tertiary/aromatic N) is 3. The average molecular weight is 410 g/mol. The smallest absolute Gasteiger partial charge is 0.193 e. The van der Waals surface area contributed by atoms with Crippen molar-refractivity contribution in [1.29, 1.82) is 0 Å². The summed E-state index contributed by atoms with van der Waals surface area (Å²) in [7, 11) is 6.13. The van der Waals surface area contributed by atoms with Crippen LogP contribution in [0.2, 0.25) is 0 Å². The molecule has 21 heavy (non-hydrogen) atoms. The van der Waals surface area contributed by atoms with Crippen LogP contribution in [0.3, 0.4) is 0 Å². The van der Waals surface area contributed by atoms with Crippen molar-refractivity contribution in [3.63, 3.8) is 0 Å². The Morgan fingerprint density at radius 1 is 1.38 bits per heavy atom. The third-order valence-electron chi connectivity index (χ3n) is 4.36. The van der Waals surface area contributed by atoms with Crippen molar-refractivity contribution >= 4 is 29.9 Å². The molecule has 1 aliphatic heterocycles. The van der Waals surface area contributed by atoms with Gasteiger partial charge in [-0.05, 0) is 45.2 Å². The Morgan fingerprint density at radius 3 is 2.71 bits per heavy atom. The van der Waals surface area contributed by atoms with Crippen molar-refractivity contribution in [2.24, 2.45) is 10.9 Å². The first kappa shape index (κ1) is 19.0. The molecule has 2 fully saturated rings. The minimum absolute atomic E-state index is 0. The molecule has 1 atom stereocenters. The molecule has 1 saturated heterocycles. The van der Waals surface area contributed by atoms with Crippen LogP contribution in [0.1, 0.15) is 25.7 Å². The maximum Gasteiger partial charge on any atom is 0.193 e. The Hall–Kier alpha value is -0.0800. The van der Waals surface area contributed by atoms with Crippen LogP contribution in [0, 0.1) is 5.92 Å². The highest BCUT2D eigenvalue weighted by molar-refractivity contribution is 14.0. The molecule has 0 radical (unpaired) electrons. The summed E-state index contributed by atoms with van der Waals surface area (Å²) < 4.78 is 5.69. The van der Waals surface area contributed by atoms with Gasteiger partial charge in [-0.2, -0.15) is 0 Å². The van der Waals surface area contributed by atoms with Crippen LogP contribution in [0.4, 0.5) is 0 Å². The lowest BCUT2D eigenvalue weighted by Gasteiger charge is -2.25. The van der Waals surface area contributed by atoms with Crippen LogP contribution >= 0.6 is 24.0 Å². The van der Waals surface area contributed by atoms with Gasteiger partial charge >= 0.3 is 0 Å². The molecule has 0 aromatic carbocycles. The minimum atomic E-state index is 0. The lowest BCUT2D eigenvalue weighted by Crippen LogP contribution is -2.45. The molecule has 1 unspecified atom stereocenters. The van der Waals surface area contributed by atoms with Crippen molar-refractivity contribution < 1.29 is 4.74 Å². The van der Waals surface area contributed by atoms with Gasteiger partial charge in [0.15, 0.2) is 5.96 Å². The maximum atomic E-state index is 5.69. The molecule has 0 aromatic rings. The van der Waals surface area contributed by atoms with E-state index in [2.05, 4.69) is 34.2 Å². The predicted octanol–water partition coefficient (Wildman–Crippen LogP) is 1.63. The molecule has 5 nitrogen and oxygen atoms in total. The van der Waals surface area contributed by atoms with E-state index < -0.39 is 0 Å². The molecular formula is C15H31IN4O. The van der Waals surface area contributed by atoms with Gasteiger partial charge in [-0.15, -0.1) is 24.0 Å². The molecule has 0 amide bonds. The maximum absolute atomic E-state index is 5.69. The molecule has 1 saturated carbocycles. The molecule has 0 bridgehead atoms. The predicted molar refractivity (Wildman–Crippen MR) is 98.6 cm³/mol. The van der Waals surface area contributed by atoms with E-state index in [1.807, 2.05) is 7.05 Å². The van der Waals surface area contributed by atoms with Crippen molar-refractivity contribution in [2.75, 3.05) is 54.0 Å². The van der Waals surface area contributed by atoms with Gasteiger partial charge in [0, 0.05) is 39.8 Å². The number of nitrogens with one attached hydrogen (secondary N) is 1. The summed E-state index contributed by atoms with van der Waals surface area (Å²) in [6.45, 7) is 4.82. The number of hydrogen-bond donors (Lipinski definition) is 1. The number of likely N-dealkylation sites (tertiary alicyclic amines) is 1. The summed E-state index contributed by atoms with van der Waals surface area (Å²) in [5.74, 6) is 1.82. The molecule has 0 aromatic heterocycles. The Labute approximate surface area is 146 Å². The average Bonchev–Trinajstić information content (AvgIpc) is 3.18. The zero-order chi connectivity index (χ0) is 14.4. The van der Waals surface area contributed by atoms with Crippen LogP contribution in [0.25, 0.3) is 0 Å². The first-order chi connectivity index (χ1) is 9.70. The summed E-state index contributed by atoms with van der Waals surface area (Å²) in [6.07, 6.45) is 5.31. The number of aliphatic imine (C=N–C) groups is 1. The Morgan fingerprint density at radius 2 is 2.14 bits per heavy atom. The van der Waals surface area contributed by atoms with Gasteiger partial charge in [0.2, 0.25) is 0 Å². The van der Waals surface area contributed by atoms with Crippen LogP contribution in [-0.4, -0.2) is 75.8 Å². The van der Waals surface area contributed by atoms with Gasteiger partial charge in [0.05, 0.1) is 6.61 Å². The van der Waals surface area contributed by atoms with Crippen molar-refractivity contribution in [2.45, 2.75) is 31.7 Å². The van der Waals surface area contributed by atoms with Crippen molar-refractivity contribution in [3.05, 3.63) is 0 Å². The normalized spacial score (nSPS) is 23.0. The SMILES string of the molecule is CN=C(NCC1CCCN1C)N(C)CCOCC1CC1.I. The molecule has 124 valence electrons. The standard InChI is InChI=1S/C15H30N4O.HI/c1-16-15(17-11-14-5-4-8-18(14)2)19(3)9-10-20-12-13-6-7-13;/h13-14H,4-12H2,1-3H3,(H,16,17);1H. The number of ether oxygens (including phenoxy) is 1. The van der Waals surface area contributed by atoms with E-state index in [1.165, 1.54) is 32.2 Å². The highest BCUT2D eigenvalue weighted by Gasteiger charge is 2.22. The van der Waals surface area contributed by atoms with Crippen LogP contribution < -0.4 is 5.32 Å². The van der Waals surface area contributed by atoms with E-state index in [9.17, 15) is 0 Å². The van der Waals surface area contributed by atoms with E-state index in [1.54, 1.807) is 0 Å². The van der Waals surface area contributed by atoms with Gasteiger partial charge in [0.1, 0.15) is 0 Å². The molecule has 1 heterocycles. The van der Waals surface area contributed by atoms with E-state index in [0.717, 1.165) is 38.2 Å². The third-order valence-corrected chi connectivity index (χ3v) is 4.36. The summed E-state index contributed by atoms with van der Waals surface area (Å²) in [5, 5.41) is 3.48. The minimum Gasteiger partial charge on any atom is -0.379 e. The molecule has 2 rings (SSSR count). The molecule has 1 aliphatic carbocycles. The third kappa shape index (κ3) is 6.69. The number of guanidine groups is 1. The van der Waals surface area contributed by atoms with E-state index in [-0.39, 0.29) is 24.0 Å². The van der Waals surface area contributed by atoms with E-state index in [4.69, 9.17) is 4.74 Å². The summed E-state index contributed by atoms with van der Waals surface area (Å²) >= 11 is 0. The molecule has 0 spiro atoms. The van der Waals surface area contributed by atoms with E-state index >= 15 is 0 Å². The largest absolute Gasteiger partial charge is 0.379 e. The van der Waals surface area contributed by atoms with Crippen molar-refractivity contribution in [3.8, 4) is 0 Å². The van der Waals surface area contributed by atoms with Crippen LogP contribution in [0.15, 0.2) is 4.99 Å². The second kappa shape index (κ2) is 9.84. The quantitative estimate of drug-likeness (QED) is 0.300. The molecule has 1 N–H and O–H groups in total. The number of likely N-dealkylation sites (N-methyl/N-ethyl adjacent to an activating group) is 2. The monoisotopic (exact) mass is 410 g/mol. The Balaban J connectivity index is 0.00000220. The molecular weight excluding hydrogens is 379 g/mol. The highest BCUT2D eigenvalue weighted by Crippen LogP contribution is 2.28. The van der Waals surface area contributed by atoms with Crippen molar-refractivity contribution in [1.82, 2.24) is 15.1 Å². The van der Waals surface area contributed by atoms with Gasteiger partial charge in [-0.25, -0.2) is 0 Å². The highest BCUT2D eigenvalue weighted by atomic mass is 127. The summed E-state index contributed by atoms with van der Waals surface area (Å²) in [6, 6.07) is 0.645. The zero-order valence-electron chi connectivity index (χ0n) is 13.7. The zero-order valence-corrected chi connectivity index (χ0v) is 16.0. The van der Waals surface area contributed by atoms with Crippen LogP contribution in [0.5, 0.6) is 0 Å². The lowest BCUT2D eigenvalue weighted by molar-refractivity contribution is 0.115. The molecule has 2 aliphatic rings. The van der Waals surface area contributed by atoms with E-state index in [0.29, 0.717) is 6.04 Å². The fraction of sp³-hybridized carbons (Fsp3) is 0.933. The lowest BCUT2D eigenvalue weighted by atomic mass is 10.2. The Kier molecular flexibility index (Phi) is 8.89. The fourth-order valence-electron chi connectivity index (χ4n) is 2.67. The molecule has 6 heteroatoms. The number of halogens is 1. The fourth-order valence-corrected chi connectivity index (χ4v) is 2.67. The summed E-state index contributed by atoms with van der Waals surface area (Å²) in [4.78, 5) is 8.94. The second-order valence-corrected chi connectivity index (χ2v) is 6.14. The number of rotatable bonds is 7. The van der Waals surface area contributed by atoms with Gasteiger partial charge in [0.25, 0.3) is 0 Å².